The molecular weight excluding hydrogens is 284 g/mol. The summed E-state index contributed by atoms with van der Waals surface area (Å²) in [7, 11) is 0. The van der Waals surface area contributed by atoms with Crippen molar-refractivity contribution in [1.29, 1.82) is 0 Å². The Labute approximate surface area is 134 Å². The zero-order chi connectivity index (χ0) is 16.0. The zero-order valence-electron chi connectivity index (χ0n) is 14.0. The minimum atomic E-state index is -0.240. The molecule has 1 atom stereocenters. The van der Waals surface area contributed by atoms with Crippen molar-refractivity contribution in [3.63, 3.8) is 0 Å². The maximum absolute atomic E-state index is 11.9. The molecule has 1 rings (SSSR count). The van der Waals surface area contributed by atoms with Crippen LogP contribution in [0.3, 0.4) is 0 Å². The number of hydrogen-bond donors (Lipinski definition) is 2. The number of ketones is 1. The Morgan fingerprint density at radius 1 is 1.24 bits per heavy atom. The maximum atomic E-state index is 11.9. The summed E-state index contributed by atoms with van der Waals surface area (Å²) < 4.78 is 5.61. The standard InChI is InChI=1S/C16H30N2O2S/c1-6-18(7-2)9-11-20-10-8-17-13-12(16(3,4)5)15(21)14(13)19/h15,17,21H,6-11H2,1-5H3. The van der Waals surface area contributed by atoms with E-state index in [4.69, 9.17) is 4.74 Å². The van der Waals surface area contributed by atoms with Crippen LogP contribution in [-0.2, 0) is 9.53 Å². The Hall–Kier alpha value is -0.520. The highest BCUT2D eigenvalue weighted by Crippen LogP contribution is 2.40. The molecule has 0 aliphatic heterocycles. The Balaban J connectivity index is 2.30. The van der Waals surface area contributed by atoms with E-state index in [9.17, 15) is 4.79 Å². The fourth-order valence-electron chi connectivity index (χ4n) is 2.51. The minimum absolute atomic E-state index is 0.0216. The van der Waals surface area contributed by atoms with Crippen LogP contribution in [0.5, 0.6) is 0 Å². The molecule has 0 radical (unpaired) electrons. The molecule has 5 heteroatoms. The molecule has 0 aromatic carbocycles. The van der Waals surface area contributed by atoms with Crippen molar-refractivity contribution < 1.29 is 9.53 Å². The first-order valence-electron chi connectivity index (χ1n) is 7.83. The molecule has 0 spiro atoms. The van der Waals surface area contributed by atoms with E-state index in [-0.39, 0.29) is 16.4 Å². The average molecular weight is 314 g/mol. The first kappa shape index (κ1) is 18.5. The summed E-state index contributed by atoms with van der Waals surface area (Å²) in [6, 6.07) is 0. The second-order valence-electron chi connectivity index (χ2n) is 6.37. The summed E-state index contributed by atoms with van der Waals surface area (Å²) in [4.78, 5) is 14.2. The molecule has 122 valence electrons. The molecule has 1 N–H and O–H groups in total. The van der Waals surface area contributed by atoms with Gasteiger partial charge >= 0.3 is 0 Å². The van der Waals surface area contributed by atoms with E-state index in [0.29, 0.717) is 13.2 Å². The molecule has 21 heavy (non-hydrogen) atoms. The Kier molecular flexibility index (Phi) is 7.24. The van der Waals surface area contributed by atoms with Crippen molar-refractivity contribution in [2.45, 2.75) is 39.9 Å². The van der Waals surface area contributed by atoms with Crippen LogP contribution in [0, 0.1) is 5.41 Å². The SMILES string of the molecule is CCN(CC)CCOCCNC1=C(C(C)(C)C)C(S)C1=O. The lowest BCUT2D eigenvalue weighted by molar-refractivity contribution is -0.117. The minimum Gasteiger partial charge on any atom is -0.380 e. The van der Waals surface area contributed by atoms with E-state index < -0.39 is 0 Å². The molecule has 0 aromatic heterocycles. The molecule has 4 nitrogen and oxygen atoms in total. The van der Waals surface area contributed by atoms with E-state index in [0.717, 1.165) is 37.5 Å². The molecule has 1 unspecified atom stereocenters. The second kappa shape index (κ2) is 8.20. The first-order chi connectivity index (χ1) is 9.82. The van der Waals surface area contributed by atoms with Crippen LogP contribution in [0.4, 0.5) is 0 Å². The van der Waals surface area contributed by atoms with Gasteiger partial charge in [-0.25, -0.2) is 0 Å². The van der Waals surface area contributed by atoms with E-state index >= 15 is 0 Å². The number of hydrogen-bond acceptors (Lipinski definition) is 5. The van der Waals surface area contributed by atoms with Crippen molar-refractivity contribution in [3.05, 3.63) is 11.3 Å². The number of carbonyl (C=O) groups is 1. The predicted octanol–water partition coefficient (Wildman–Crippen LogP) is 2.12. The molecule has 1 aliphatic carbocycles. The van der Waals surface area contributed by atoms with Crippen LogP contribution in [0.15, 0.2) is 11.3 Å². The molecule has 0 bridgehead atoms. The highest BCUT2D eigenvalue weighted by atomic mass is 32.1. The van der Waals surface area contributed by atoms with E-state index in [1.54, 1.807) is 0 Å². The van der Waals surface area contributed by atoms with Gasteiger partial charge in [0.1, 0.15) is 0 Å². The van der Waals surface area contributed by atoms with Crippen LogP contribution in [0.25, 0.3) is 0 Å². The molecule has 0 saturated carbocycles. The van der Waals surface area contributed by atoms with Gasteiger partial charge in [0, 0.05) is 13.1 Å². The maximum Gasteiger partial charge on any atom is 0.195 e. The van der Waals surface area contributed by atoms with Crippen molar-refractivity contribution >= 4 is 18.4 Å². The number of thiol groups is 1. The number of allylic oxidation sites excluding steroid dienone is 1. The smallest absolute Gasteiger partial charge is 0.195 e. The second-order valence-corrected chi connectivity index (χ2v) is 6.89. The lowest BCUT2D eigenvalue weighted by Gasteiger charge is -2.37. The van der Waals surface area contributed by atoms with Gasteiger partial charge in [0.05, 0.1) is 24.2 Å². The number of Topliss-reactive ketones (excluding diaryl/α,β-unsaturated/α-hetero) is 1. The number of likely N-dealkylation sites (N-methyl/N-ethyl adjacent to an activating group) is 1. The summed E-state index contributed by atoms with van der Waals surface area (Å²) in [6.07, 6.45) is 0. The Morgan fingerprint density at radius 2 is 1.86 bits per heavy atom. The van der Waals surface area contributed by atoms with Crippen LogP contribution in [0.1, 0.15) is 34.6 Å². The Bertz CT molecular complexity index is 384. The van der Waals surface area contributed by atoms with Crippen molar-refractivity contribution in [2.75, 3.05) is 39.4 Å². The molecule has 0 heterocycles. The highest BCUT2D eigenvalue weighted by Gasteiger charge is 2.42. The van der Waals surface area contributed by atoms with Gasteiger partial charge in [-0.05, 0) is 24.1 Å². The number of rotatable bonds is 9. The van der Waals surface area contributed by atoms with Crippen LogP contribution in [-0.4, -0.2) is 55.3 Å². The number of nitrogens with one attached hydrogen (secondary N) is 1. The van der Waals surface area contributed by atoms with Crippen molar-refractivity contribution in [3.8, 4) is 0 Å². The normalized spacial score (nSPS) is 19.2. The van der Waals surface area contributed by atoms with Gasteiger partial charge in [0.2, 0.25) is 0 Å². The summed E-state index contributed by atoms with van der Waals surface area (Å²) in [5, 5.41) is 2.97. The topological polar surface area (TPSA) is 41.6 Å². The lowest BCUT2D eigenvalue weighted by Crippen LogP contribution is -2.45. The molecule has 0 amide bonds. The summed E-state index contributed by atoms with van der Waals surface area (Å²) in [6.45, 7) is 15.7. The third kappa shape index (κ3) is 5.01. The van der Waals surface area contributed by atoms with Gasteiger partial charge in [0.25, 0.3) is 0 Å². The van der Waals surface area contributed by atoms with Gasteiger partial charge in [-0.1, -0.05) is 34.6 Å². The van der Waals surface area contributed by atoms with Crippen LogP contribution >= 0.6 is 12.6 Å². The van der Waals surface area contributed by atoms with E-state index in [1.165, 1.54) is 0 Å². The van der Waals surface area contributed by atoms with E-state index in [2.05, 4.69) is 57.5 Å². The number of ether oxygens (including phenoxy) is 1. The monoisotopic (exact) mass is 314 g/mol. The average Bonchev–Trinajstić information content (AvgIpc) is 2.43. The molecule has 0 saturated heterocycles. The number of carbonyl (C=O) groups excluding carboxylic acids is 1. The first-order valence-corrected chi connectivity index (χ1v) is 8.35. The predicted molar refractivity (Wildman–Crippen MR) is 90.9 cm³/mol. The van der Waals surface area contributed by atoms with Gasteiger partial charge in [-0.15, -0.1) is 0 Å². The number of nitrogens with zero attached hydrogens (tertiary/aromatic N) is 1. The van der Waals surface area contributed by atoms with Gasteiger partial charge in [-0.2, -0.15) is 12.6 Å². The fraction of sp³-hybridized carbons (Fsp3) is 0.812. The Morgan fingerprint density at radius 3 is 2.38 bits per heavy atom. The third-order valence-electron chi connectivity index (χ3n) is 3.84. The molecule has 0 aromatic rings. The van der Waals surface area contributed by atoms with Crippen molar-refractivity contribution in [1.82, 2.24) is 10.2 Å². The quantitative estimate of drug-likeness (QED) is 0.505. The third-order valence-corrected chi connectivity index (χ3v) is 4.33. The fourth-order valence-corrected chi connectivity index (χ4v) is 3.16. The molecular formula is C16H30N2O2S. The van der Waals surface area contributed by atoms with Crippen molar-refractivity contribution in [2.24, 2.45) is 5.41 Å². The van der Waals surface area contributed by atoms with Gasteiger partial charge in [-0.3, -0.25) is 4.79 Å². The molecule has 1 aliphatic rings. The summed E-state index contributed by atoms with van der Waals surface area (Å²) in [5.41, 5.74) is 1.83. The zero-order valence-corrected chi connectivity index (χ0v) is 14.9. The lowest BCUT2D eigenvalue weighted by atomic mass is 9.74. The largest absolute Gasteiger partial charge is 0.380 e. The van der Waals surface area contributed by atoms with Crippen LogP contribution in [0.2, 0.25) is 0 Å². The highest BCUT2D eigenvalue weighted by molar-refractivity contribution is 7.82. The van der Waals surface area contributed by atoms with Crippen LogP contribution < -0.4 is 5.32 Å². The summed E-state index contributed by atoms with van der Waals surface area (Å²) >= 11 is 4.37. The molecule has 0 fully saturated rings. The van der Waals surface area contributed by atoms with E-state index in [1.807, 2.05) is 0 Å². The summed E-state index contributed by atoms with van der Waals surface area (Å²) in [5.74, 6) is 0.103. The van der Waals surface area contributed by atoms with Gasteiger partial charge in [0.15, 0.2) is 5.78 Å². The van der Waals surface area contributed by atoms with Gasteiger partial charge < -0.3 is 15.0 Å².